The van der Waals surface area contributed by atoms with Gasteiger partial charge < -0.3 is 9.72 Å². The lowest BCUT2D eigenvalue weighted by Crippen LogP contribution is -2.11. The Balaban J connectivity index is 1.84. The predicted octanol–water partition coefficient (Wildman–Crippen LogP) is 0.848. The maximum atomic E-state index is 11.6. The van der Waals surface area contributed by atoms with E-state index in [1.807, 2.05) is 6.07 Å². The predicted molar refractivity (Wildman–Crippen MR) is 64.7 cm³/mol. The van der Waals surface area contributed by atoms with Gasteiger partial charge in [0.1, 0.15) is 30.8 Å². The van der Waals surface area contributed by atoms with Crippen molar-refractivity contribution < 1.29 is 14.5 Å². The van der Waals surface area contributed by atoms with Gasteiger partial charge in [0.15, 0.2) is 0 Å². The van der Waals surface area contributed by atoms with E-state index in [0.717, 1.165) is 6.20 Å². The van der Waals surface area contributed by atoms with Gasteiger partial charge >= 0.3 is 11.7 Å². The third kappa shape index (κ3) is 2.99. The van der Waals surface area contributed by atoms with E-state index in [9.17, 15) is 14.9 Å². The number of hydrogen-bond donors (Lipinski definition) is 1. The molecule has 2 aromatic heterocycles. The normalized spacial score (nSPS) is 9.95. The maximum absolute atomic E-state index is 11.6. The Bertz CT molecular complexity index is 681. The van der Waals surface area contributed by atoms with E-state index >= 15 is 0 Å². The summed E-state index contributed by atoms with van der Waals surface area (Å²) in [7, 11) is 0. The number of carbonyl (C=O) groups is 1. The van der Waals surface area contributed by atoms with Crippen LogP contribution >= 0.6 is 0 Å². The summed E-state index contributed by atoms with van der Waals surface area (Å²) >= 11 is 0. The van der Waals surface area contributed by atoms with Crippen LogP contribution in [-0.4, -0.2) is 32.3 Å². The summed E-state index contributed by atoms with van der Waals surface area (Å²) in [5.74, 6) is -0.579. The molecule has 1 N–H and O–H groups in total. The summed E-state index contributed by atoms with van der Waals surface area (Å²) in [6, 6.07) is 3.23. The topological polar surface area (TPSA) is 127 Å². The lowest BCUT2D eigenvalue weighted by Gasteiger charge is -2.02. The van der Waals surface area contributed by atoms with E-state index in [0.29, 0.717) is 0 Å². The Kier molecular flexibility index (Phi) is 3.76. The zero-order valence-corrected chi connectivity index (χ0v) is 10.1. The largest absolute Gasteiger partial charge is 0.460 e. The van der Waals surface area contributed by atoms with Crippen molar-refractivity contribution in [3.8, 4) is 6.07 Å². The fourth-order valence-electron chi connectivity index (χ4n) is 1.46. The van der Waals surface area contributed by atoms with E-state index in [2.05, 4.69) is 10.1 Å². The highest BCUT2D eigenvalue weighted by Gasteiger charge is 2.11. The third-order valence-electron chi connectivity index (χ3n) is 2.42. The molecule has 0 atom stereocenters. The van der Waals surface area contributed by atoms with Crippen LogP contribution in [0.1, 0.15) is 16.1 Å². The van der Waals surface area contributed by atoms with Gasteiger partial charge in [0.25, 0.3) is 0 Å². The van der Waals surface area contributed by atoms with Gasteiger partial charge in [-0.3, -0.25) is 14.8 Å². The molecule has 20 heavy (non-hydrogen) atoms. The third-order valence-corrected chi connectivity index (χ3v) is 2.42. The molecular formula is C11H9N5O4. The van der Waals surface area contributed by atoms with E-state index < -0.39 is 10.9 Å². The molecule has 0 radical (unpaired) electrons. The highest BCUT2D eigenvalue weighted by molar-refractivity contribution is 5.89. The lowest BCUT2D eigenvalue weighted by molar-refractivity contribution is -0.385. The van der Waals surface area contributed by atoms with Gasteiger partial charge in [-0.25, -0.2) is 4.79 Å². The van der Waals surface area contributed by atoms with E-state index in [-0.39, 0.29) is 30.1 Å². The Morgan fingerprint density at radius 3 is 3.05 bits per heavy atom. The zero-order chi connectivity index (χ0) is 14.5. The van der Waals surface area contributed by atoms with Gasteiger partial charge in [-0.05, 0) is 6.07 Å². The van der Waals surface area contributed by atoms with Crippen molar-refractivity contribution in [2.24, 2.45) is 0 Å². The Morgan fingerprint density at radius 2 is 2.45 bits per heavy atom. The first-order valence-electron chi connectivity index (χ1n) is 5.52. The Morgan fingerprint density at radius 1 is 1.65 bits per heavy atom. The van der Waals surface area contributed by atoms with Crippen LogP contribution in [0.5, 0.6) is 0 Å². The molecule has 0 fully saturated rings. The highest BCUT2D eigenvalue weighted by atomic mass is 16.6. The second kappa shape index (κ2) is 5.66. The SMILES string of the molecule is N#Cc1cc(C(=O)OCCn2cc([N+](=O)[O-])cn2)c[nH]1. The molecule has 2 heterocycles. The molecule has 0 aliphatic carbocycles. The van der Waals surface area contributed by atoms with Gasteiger partial charge in [-0.15, -0.1) is 0 Å². The molecule has 0 saturated carbocycles. The molecule has 0 spiro atoms. The van der Waals surface area contributed by atoms with Crippen LogP contribution in [-0.2, 0) is 11.3 Å². The fraction of sp³-hybridized carbons (Fsp3) is 0.182. The summed E-state index contributed by atoms with van der Waals surface area (Å²) in [4.78, 5) is 24.1. The molecule has 9 nitrogen and oxygen atoms in total. The molecule has 0 saturated heterocycles. The zero-order valence-electron chi connectivity index (χ0n) is 10.1. The van der Waals surface area contributed by atoms with Gasteiger partial charge in [-0.2, -0.15) is 10.4 Å². The van der Waals surface area contributed by atoms with Crippen LogP contribution in [0.25, 0.3) is 0 Å². The number of esters is 1. The summed E-state index contributed by atoms with van der Waals surface area (Å²) in [6.07, 6.45) is 3.74. The van der Waals surface area contributed by atoms with Crippen LogP contribution in [0.2, 0.25) is 0 Å². The van der Waals surface area contributed by atoms with Crippen molar-refractivity contribution in [1.82, 2.24) is 14.8 Å². The number of hydrogen-bond acceptors (Lipinski definition) is 6. The summed E-state index contributed by atoms with van der Waals surface area (Å²) in [5.41, 5.74) is 0.383. The number of carbonyl (C=O) groups excluding carboxylic acids is 1. The average molecular weight is 275 g/mol. The second-order valence-electron chi connectivity index (χ2n) is 3.77. The molecule has 2 aromatic rings. The monoisotopic (exact) mass is 275 g/mol. The second-order valence-corrected chi connectivity index (χ2v) is 3.77. The van der Waals surface area contributed by atoms with Crippen molar-refractivity contribution in [3.63, 3.8) is 0 Å². The fourth-order valence-corrected chi connectivity index (χ4v) is 1.46. The molecule has 0 aliphatic rings. The molecular weight excluding hydrogens is 266 g/mol. The molecule has 0 aromatic carbocycles. The average Bonchev–Trinajstić information content (AvgIpc) is 3.07. The minimum absolute atomic E-state index is 0.0186. The standard InChI is InChI=1S/C11H9N5O4/c12-4-9-3-8(5-13-9)11(17)20-2-1-15-7-10(6-14-15)16(18)19/h3,5-7,13H,1-2H2. The van der Waals surface area contributed by atoms with E-state index in [1.54, 1.807) is 0 Å². The van der Waals surface area contributed by atoms with Crippen molar-refractivity contribution >= 4 is 11.7 Å². The molecule has 0 aliphatic heterocycles. The first-order valence-corrected chi connectivity index (χ1v) is 5.52. The van der Waals surface area contributed by atoms with Gasteiger partial charge in [0.2, 0.25) is 0 Å². The van der Waals surface area contributed by atoms with Gasteiger partial charge in [0.05, 0.1) is 17.0 Å². The lowest BCUT2D eigenvalue weighted by atomic mass is 10.3. The summed E-state index contributed by atoms with van der Waals surface area (Å²) in [5, 5.41) is 22.8. The number of H-pyrrole nitrogens is 1. The quantitative estimate of drug-likeness (QED) is 0.489. The molecule has 2 rings (SSSR count). The number of nitriles is 1. The van der Waals surface area contributed by atoms with E-state index in [1.165, 1.54) is 23.1 Å². The molecule has 0 unspecified atom stereocenters. The number of nitrogens with one attached hydrogen (secondary N) is 1. The number of rotatable bonds is 5. The van der Waals surface area contributed by atoms with Crippen molar-refractivity contribution in [2.75, 3.05) is 6.61 Å². The first kappa shape index (κ1) is 13.3. The molecule has 102 valence electrons. The summed E-state index contributed by atoms with van der Waals surface area (Å²) < 4.78 is 6.27. The van der Waals surface area contributed by atoms with Crippen LogP contribution in [0.3, 0.4) is 0 Å². The van der Waals surface area contributed by atoms with Gasteiger partial charge in [0, 0.05) is 6.20 Å². The summed E-state index contributed by atoms with van der Waals surface area (Å²) in [6.45, 7) is 0.222. The van der Waals surface area contributed by atoms with Crippen molar-refractivity contribution in [2.45, 2.75) is 6.54 Å². The van der Waals surface area contributed by atoms with Crippen LogP contribution < -0.4 is 0 Å². The highest BCUT2D eigenvalue weighted by Crippen LogP contribution is 2.08. The number of nitro groups is 1. The minimum Gasteiger partial charge on any atom is -0.460 e. The molecule has 0 bridgehead atoms. The number of aromatic amines is 1. The molecule has 0 amide bonds. The van der Waals surface area contributed by atoms with Crippen LogP contribution in [0, 0.1) is 21.4 Å². The Hall–Kier alpha value is -3.15. The van der Waals surface area contributed by atoms with Gasteiger partial charge in [-0.1, -0.05) is 0 Å². The van der Waals surface area contributed by atoms with Crippen molar-refractivity contribution in [3.05, 3.63) is 46.0 Å². The Labute approximate surface area is 112 Å². The molecule has 9 heteroatoms. The van der Waals surface area contributed by atoms with Crippen molar-refractivity contribution in [1.29, 1.82) is 5.26 Å². The minimum atomic E-state index is -0.579. The first-order chi connectivity index (χ1) is 9.60. The van der Waals surface area contributed by atoms with Crippen LogP contribution in [0.4, 0.5) is 5.69 Å². The number of nitrogens with zero attached hydrogens (tertiary/aromatic N) is 4. The number of aromatic nitrogens is 3. The number of ether oxygens (including phenoxy) is 1. The maximum Gasteiger partial charge on any atom is 0.339 e. The van der Waals surface area contributed by atoms with Crippen LogP contribution in [0.15, 0.2) is 24.7 Å². The smallest absolute Gasteiger partial charge is 0.339 e. The van der Waals surface area contributed by atoms with E-state index in [4.69, 9.17) is 10.00 Å².